The van der Waals surface area contributed by atoms with E-state index in [0.717, 1.165) is 11.1 Å². The summed E-state index contributed by atoms with van der Waals surface area (Å²) < 4.78 is 10.4. The van der Waals surface area contributed by atoms with Crippen molar-refractivity contribution in [3.63, 3.8) is 0 Å². The van der Waals surface area contributed by atoms with Crippen LogP contribution in [-0.4, -0.2) is 6.79 Å². The van der Waals surface area contributed by atoms with Crippen LogP contribution >= 0.6 is 0 Å². The number of benzene rings is 1. The average molecular weight is 175 g/mol. The second-order valence-electron chi connectivity index (χ2n) is 3.04. The number of aryl methyl sites for hydroxylation is 1. The molecule has 1 aromatic carbocycles. The SMILES string of the molecule is Cc1cc2c(c(C#N)c1C)OCO2. The van der Waals surface area contributed by atoms with Crippen molar-refractivity contribution in [1.82, 2.24) is 0 Å². The van der Waals surface area contributed by atoms with E-state index in [4.69, 9.17) is 14.7 Å². The van der Waals surface area contributed by atoms with Crippen LogP contribution in [0.4, 0.5) is 0 Å². The largest absolute Gasteiger partial charge is 0.454 e. The van der Waals surface area contributed by atoms with Gasteiger partial charge in [0.1, 0.15) is 11.6 Å². The molecule has 0 aliphatic carbocycles. The summed E-state index contributed by atoms with van der Waals surface area (Å²) in [5.41, 5.74) is 2.61. The molecule has 0 amide bonds. The van der Waals surface area contributed by atoms with Gasteiger partial charge in [0, 0.05) is 0 Å². The third-order valence-electron chi connectivity index (χ3n) is 2.29. The number of fused-ring (bicyclic) bond motifs is 1. The summed E-state index contributed by atoms with van der Waals surface area (Å²) in [6.45, 7) is 4.08. The molecule has 0 radical (unpaired) electrons. The Labute approximate surface area is 76.5 Å². The molecule has 13 heavy (non-hydrogen) atoms. The maximum Gasteiger partial charge on any atom is 0.231 e. The van der Waals surface area contributed by atoms with Gasteiger partial charge in [-0.05, 0) is 31.0 Å². The molecule has 0 atom stereocenters. The van der Waals surface area contributed by atoms with Crippen LogP contribution in [-0.2, 0) is 0 Å². The maximum absolute atomic E-state index is 8.92. The fourth-order valence-corrected chi connectivity index (χ4v) is 1.40. The molecule has 1 aliphatic rings. The molecule has 1 aromatic rings. The third-order valence-corrected chi connectivity index (χ3v) is 2.29. The van der Waals surface area contributed by atoms with E-state index in [1.807, 2.05) is 19.9 Å². The van der Waals surface area contributed by atoms with Crippen LogP contribution in [0.2, 0.25) is 0 Å². The molecule has 3 heteroatoms. The van der Waals surface area contributed by atoms with Gasteiger partial charge in [0.15, 0.2) is 11.5 Å². The lowest BCUT2D eigenvalue weighted by molar-refractivity contribution is 0.173. The summed E-state index contributed by atoms with van der Waals surface area (Å²) in [5.74, 6) is 1.27. The van der Waals surface area contributed by atoms with Crippen molar-refractivity contribution in [3.8, 4) is 17.6 Å². The van der Waals surface area contributed by atoms with E-state index in [0.29, 0.717) is 17.1 Å². The summed E-state index contributed by atoms with van der Waals surface area (Å²) in [4.78, 5) is 0. The van der Waals surface area contributed by atoms with Crippen LogP contribution < -0.4 is 9.47 Å². The predicted octanol–water partition coefficient (Wildman–Crippen LogP) is 1.90. The van der Waals surface area contributed by atoms with Crippen LogP contribution in [0.1, 0.15) is 16.7 Å². The van der Waals surface area contributed by atoms with Gasteiger partial charge in [-0.1, -0.05) is 0 Å². The standard InChI is InChI=1S/C10H9NO2/c1-6-3-9-10(13-5-12-9)8(4-11)7(6)2/h3H,5H2,1-2H3. The topological polar surface area (TPSA) is 42.2 Å². The van der Waals surface area contributed by atoms with Gasteiger partial charge in [0.25, 0.3) is 0 Å². The first-order valence-electron chi connectivity index (χ1n) is 4.04. The molecule has 0 fully saturated rings. The molecule has 1 heterocycles. The van der Waals surface area contributed by atoms with Gasteiger partial charge in [-0.3, -0.25) is 0 Å². The highest BCUT2D eigenvalue weighted by atomic mass is 16.7. The molecule has 3 nitrogen and oxygen atoms in total. The first-order valence-corrected chi connectivity index (χ1v) is 4.04. The Bertz CT molecular complexity index is 404. The lowest BCUT2D eigenvalue weighted by atomic mass is 10.0. The van der Waals surface area contributed by atoms with E-state index in [9.17, 15) is 0 Å². The minimum atomic E-state index is 0.215. The van der Waals surface area contributed by atoms with Gasteiger partial charge < -0.3 is 9.47 Å². The van der Waals surface area contributed by atoms with Gasteiger partial charge >= 0.3 is 0 Å². The van der Waals surface area contributed by atoms with Gasteiger partial charge in [-0.15, -0.1) is 0 Å². The van der Waals surface area contributed by atoms with Crippen LogP contribution in [0.3, 0.4) is 0 Å². The zero-order valence-corrected chi connectivity index (χ0v) is 7.55. The number of nitrogens with zero attached hydrogens (tertiary/aromatic N) is 1. The molecule has 0 N–H and O–H groups in total. The Hall–Kier alpha value is -1.69. The fraction of sp³-hybridized carbons (Fsp3) is 0.300. The van der Waals surface area contributed by atoms with Crippen molar-refractivity contribution < 1.29 is 9.47 Å². The van der Waals surface area contributed by atoms with Crippen molar-refractivity contribution in [2.45, 2.75) is 13.8 Å². The van der Waals surface area contributed by atoms with Crippen molar-refractivity contribution in [3.05, 3.63) is 22.8 Å². The quantitative estimate of drug-likeness (QED) is 0.604. The maximum atomic E-state index is 8.92. The Balaban J connectivity index is 2.73. The summed E-state index contributed by atoms with van der Waals surface area (Å²) in [6.07, 6.45) is 0. The number of hydrogen-bond donors (Lipinski definition) is 0. The van der Waals surface area contributed by atoms with Crippen LogP contribution in [0.5, 0.6) is 11.5 Å². The Morgan fingerprint density at radius 3 is 2.85 bits per heavy atom. The molecule has 66 valence electrons. The van der Waals surface area contributed by atoms with Crippen molar-refractivity contribution in [1.29, 1.82) is 5.26 Å². The lowest BCUT2D eigenvalue weighted by Gasteiger charge is -2.05. The van der Waals surface area contributed by atoms with Gasteiger partial charge in [0.2, 0.25) is 6.79 Å². The van der Waals surface area contributed by atoms with Crippen LogP contribution in [0.25, 0.3) is 0 Å². The van der Waals surface area contributed by atoms with Gasteiger partial charge in [-0.25, -0.2) is 0 Å². The van der Waals surface area contributed by atoms with Crippen molar-refractivity contribution in [2.24, 2.45) is 0 Å². The fourth-order valence-electron chi connectivity index (χ4n) is 1.40. The smallest absolute Gasteiger partial charge is 0.231 e. The molecular weight excluding hydrogens is 166 g/mol. The summed E-state index contributed by atoms with van der Waals surface area (Å²) in [6, 6.07) is 4.03. The van der Waals surface area contributed by atoms with E-state index in [1.54, 1.807) is 0 Å². The highest BCUT2D eigenvalue weighted by Crippen LogP contribution is 2.38. The summed E-state index contributed by atoms with van der Waals surface area (Å²) in [5, 5.41) is 8.92. The Morgan fingerprint density at radius 2 is 2.15 bits per heavy atom. The zero-order chi connectivity index (χ0) is 9.42. The van der Waals surface area contributed by atoms with Crippen molar-refractivity contribution in [2.75, 3.05) is 6.79 Å². The molecule has 0 spiro atoms. The van der Waals surface area contributed by atoms with E-state index in [1.165, 1.54) is 0 Å². The predicted molar refractivity (Wildman–Crippen MR) is 46.8 cm³/mol. The minimum Gasteiger partial charge on any atom is -0.454 e. The molecule has 0 saturated heterocycles. The molecule has 0 aromatic heterocycles. The third kappa shape index (κ3) is 1.03. The molecule has 0 unspecified atom stereocenters. The number of nitriles is 1. The molecule has 0 bridgehead atoms. The first-order chi connectivity index (χ1) is 6.24. The second kappa shape index (κ2) is 2.67. The number of ether oxygens (including phenoxy) is 2. The zero-order valence-electron chi connectivity index (χ0n) is 7.55. The molecule has 1 aliphatic heterocycles. The van der Waals surface area contributed by atoms with Crippen LogP contribution in [0.15, 0.2) is 6.07 Å². The molecule has 0 saturated carbocycles. The highest BCUT2D eigenvalue weighted by Gasteiger charge is 2.20. The number of hydrogen-bond acceptors (Lipinski definition) is 3. The van der Waals surface area contributed by atoms with E-state index in [-0.39, 0.29) is 6.79 Å². The van der Waals surface area contributed by atoms with Gasteiger partial charge in [-0.2, -0.15) is 5.26 Å². The summed E-state index contributed by atoms with van der Waals surface area (Å²) in [7, 11) is 0. The Morgan fingerprint density at radius 1 is 1.38 bits per heavy atom. The minimum absolute atomic E-state index is 0.215. The average Bonchev–Trinajstić information content (AvgIpc) is 2.54. The molecule has 2 rings (SSSR count). The van der Waals surface area contributed by atoms with Crippen molar-refractivity contribution >= 4 is 0 Å². The highest BCUT2D eigenvalue weighted by molar-refractivity contribution is 5.59. The molecular formula is C10H9NO2. The second-order valence-corrected chi connectivity index (χ2v) is 3.04. The number of rotatable bonds is 0. The van der Waals surface area contributed by atoms with E-state index < -0.39 is 0 Å². The normalized spacial score (nSPS) is 12.7. The monoisotopic (exact) mass is 175 g/mol. The van der Waals surface area contributed by atoms with E-state index >= 15 is 0 Å². The Kier molecular flexibility index (Phi) is 1.63. The van der Waals surface area contributed by atoms with E-state index in [2.05, 4.69) is 6.07 Å². The van der Waals surface area contributed by atoms with Gasteiger partial charge in [0.05, 0.1) is 0 Å². The summed E-state index contributed by atoms with van der Waals surface area (Å²) >= 11 is 0. The van der Waals surface area contributed by atoms with Crippen LogP contribution in [0, 0.1) is 25.2 Å². The lowest BCUT2D eigenvalue weighted by Crippen LogP contribution is -1.94. The first kappa shape index (κ1) is 7.93.